The van der Waals surface area contributed by atoms with Crippen LogP contribution in [0.5, 0.6) is 0 Å². The third kappa shape index (κ3) is 8.56. The molecule has 0 fully saturated rings. The average Bonchev–Trinajstić information content (AvgIpc) is 2.65. The van der Waals surface area contributed by atoms with E-state index in [4.69, 9.17) is 0 Å². The van der Waals surface area contributed by atoms with Gasteiger partial charge in [-0.2, -0.15) is 0 Å². The van der Waals surface area contributed by atoms with Gasteiger partial charge in [-0.3, -0.25) is 0 Å². The van der Waals surface area contributed by atoms with Crippen LogP contribution in [0.1, 0.15) is 89.2 Å². The summed E-state index contributed by atoms with van der Waals surface area (Å²) in [6, 6.07) is 9.44. The minimum Gasteiger partial charge on any atom is -0.0840 e. The second kappa shape index (κ2) is 12.1. The lowest BCUT2D eigenvalue weighted by atomic mass is 9.95. The maximum atomic E-state index is 2.42. The van der Waals surface area contributed by atoms with Gasteiger partial charge in [0.2, 0.25) is 0 Å². The van der Waals surface area contributed by atoms with Gasteiger partial charge in [0.25, 0.3) is 0 Å². The van der Waals surface area contributed by atoms with E-state index < -0.39 is 0 Å². The molecule has 0 bridgehead atoms. The van der Waals surface area contributed by atoms with Gasteiger partial charge < -0.3 is 0 Å². The monoisotopic (exact) mass is 338 g/mol. The van der Waals surface area contributed by atoms with Gasteiger partial charge in [0.1, 0.15) is 0 Å². The van der Waals surface area contributed by atoms with Crippen LogP contribution in [0.2, 0.25) is 0 Å². The molecule has 0 aromatic heterocycles. The smallest absolute Gasteiger partial charge is 0.0253 e. The Balaban J connectivity index is 1.56. The Morgan fingerprint density at radius 2 is 1.56 bits per heavy atom. The van der Waals surface area contributed by atoms with Crippen molar-refractivity contribution in [3.05, 3.63) is 59.2 Å². The zero-order valence-corrected chi connectivity index (χ0v) is 16.6. The Labute approximate surface area is 156 Å². The second-order valence-electron chi connectivity index (χ2n) is 7.94. The van der Waals surface area contributed by atoms with Gasteiger partial charge >= 0.3 is 0 Å². The lowest BCUT2D eigenvalue weighted by Crippen LogP contribution is -1.99. The zero-order chi connectivity index (χ0) is 17.7. The van der Waals surface area contributed by atoms with Crippen molar-refractivity contribution in [3.8, 4) is 0 Å². The summed E-state index contributed by atoms with van der Waals surface area (Å²) in [6.45, 7) is 4.68. The lowest BCUT2D eigenvalue weighted by molar-refractivity contribution is 0.503. The molecule has 1 aliphatic rings. The van der Waals surface area contributed by atoms with Crippen molar-refractivity contribution in [2.75, 3.05) is 0 Å². The standard InChI is InChI=1S/C25H38/c1-3-4-12-22(2)21-25-19-17-24(18-20-25)16-9-6-5-8-13-23-14-10-7-11-15-23/h10,14-15,17-20,22H,3-9,11-13,16,21H2,1-2H3. The van der Waals surface area contributed by atoms with Gasteiger partial charge in [0, 0.05) is 0 Å². The van der Waals surface area contributed by atoms with Crippen LogP contribution in [-0.2, 0) is 12.8 Å². The molecule has 0 nitrogen and oxygen atoms in total. The molecular formula is C25H38. The summed E-state index contributed by atoms with van der Waals surface area (Å²) in [4.78, 5) is 0. The minimum atomic E-state index is 0.819. The van der Waals surface area contributed by atoms with Crippen molar-refractivity contribution in [2.24, 2.45) is 5.92 Å². The topological polar surface area (TPSA) is 0 Å². The highest BCUT2D eigenvalue weighted by atomic mass is 14.1. The SMILES string of the molecule is CCCCC(C)Cc1ccc(CCCCCCC2=CCCC=C2)cc1. The van der Waals surface area contributed by atoms with Crippen LogP contribution in [0.15, 0.2) is 48.1 Å². The average molecular weight is 339 g/mol. The Bertz CT molecular complexity index is 517. The predicted octanol–water partition coefficient (Wildman–Crippen LogP) is 7.82. The predicted molar refractivity (Wildman–Crippen MR) is 112 cm³/mol. The summed E-state index contributed by atoms with van der Waals surface area (Å²) in [5.74, 6) is 0.819. The highest BCUT2D eigenvalue weighted by Gasteiger charge is 2.04. The largest absolute Gasteiger partial charge is 0.0840 e. The highest BCUT2D eigenvalue weighted by molar-refractivity contribution is 5.23. The summed E-state index contributed by atoms with van der Waals surface area (Å²) < 4.78 is 0. The molecule has 1 unspecified atom stereocenters. The molecule has 25 heavy (non-hydrogen) atoms. The van der Waals surface area contributed by atoms with Gasteiger partial charge in [-0.15, -0.1) is 0 Å². The molecule has 0 heterocycles. The van der Waals surface area contributed by atoms with Crippen molar-refractivity contribution < 1.29 is 0 Å². The Morgan fingerprint density at radius 3 is 2.24 bits per heavy atom. The quantitative estimate of drug-likeness (QED) is 0.341. The van der Waals surface area contributed by atoms with E-state index >= 15 is 0 Å². The van der Waals surface area contributed by atoms with Crippen molar-refractivity contribution >= 4 is 0 Å². The number of hydrogen-bond donors (Lipinski definition) is 0. The van der Waals surface area contributed by atoms with E-state index in [0.717, 1.165) is 5.92 Å². The van der Waals surface area contributed by atoms with E-state index in [1.54, 1.807) is 5.57 Å². The molecule has 1 atom stereocenters. The first-order valence-corrected chi connectivity index (χ1v) is 10.7. The third-order valence-electron chi connectivity index (χ3n) is 5.41. The molecule has 2 rings (SSSR count). The van der Waals surface area contributed by atoms with Crippen molar-refractivity contribution in [2.45, 2.75) is 90.9 Å². The zero-order valence-electron chi connectivity index (χ0n) is 16.6. The molecule has 0 aliphatic heterocycles. The summed E-state index contributed by atoms with van der Waals surface area (Å²) in [5.41, 5.74) is 4.60. The van der Waals surface area contributed by atoms with Crippen LogP contribution in [0, 0.1) is 5.92 Å². The van der Waals surface area contributed by atoms with Crippen LogP contribution in [-0.4, -0.2) is 0 Å². The molecule has 0 amide bonds. The molecule has 0 heteroatoms. The van der Waals surface area contributed by atoms with E-state index in [-0.39, 0.29) is 0 Å². The first-order chi connectivity index (χ1) is 12.3. The Kier molecular flexibility index (Phi) is 9.70. The molecule has 0 N–H and O–H groups in total. The number of allylic oxidation sites excluding steroid dienone is 4. The fourth-order valence-electron chi connectivity index (χ4n) is 3.76. The lowest BCUT2D eigenvalue weighted by Gasteiger charge is -2.11. The van der Waals surface area contributed by atoms with E-state index in [1.165, 1.54) is 88.2 Å². The second-order valence-corrected chi connectivity index (χ2v) is 7.94. The summed E-state index contributed by atoms with van der Waals surface area (Å²) in [5, 5.41) is 0. The Hall–Kier alpha value is -1.30. The maximum absolute atomic E-state index is 2.42. The van der Waals surface area contributed by atoms with E-state index in [0.29, 0.717) is 0 Å². The molecule has 0 saturated heterocycles. The van der Waals surface area contributed by atoms with Crippen molar-refractivity contribution in [1.29, 1.82) is 0 Å². The van der Waals surface area contributed by atoms with Crippen LogP contribution in [0.4, 0.5) is 0 Å². The van der Waals surface area contributed by atoms with E-state index in [1.807, 2.05) is 0 Å². The fraction of sp³-hybridized carbons (Fsp3) is 0.600. The van der Waals surface area contributed by atoms with Crippen LogP contribution >= 0.6 is 0 Å². The summed E-state index contributed by atoms with van der Waals surface area (Å²) in [7, 11) is 0. The fourth-order valence-corrected chi connectivity index (χ4v) is 3.76. The van der Waals surface area contributed by atoms with Gasteiger partial charge in [0.15, 0.2) is 0 Å². The number of unbranched alkanes of at least 4 members (excludes halogenated alkanes) is 4. The molecule has 1 aromatic carbocycles. The highest BCUT2D eigenvalue weighted by Crippen LogP contribution is 2.18. The molecule has 1 aliphatic carbocycles. The molecule has 1 aromatic rings. The third-order valence-corrected chi connectivity index (χ3v) is 5.41. The minimum absolute atomic E-state index is 0.819. The number of aryl methyl sites for hydroxylation is 1. The molecule has 0 radical (unpaired) electrons. The summed E-state index contributed by atoms with van der Waals surface area (Å²) in [6.07, 6.45) is 22.8. The number of hydrogen-bond acceptors (Lipinski definition) is 0. The number of rotatable bonds is 12. The maximum Gasteiger partial charge on any atom is -0.0253 e. The van der Waals surface area contributed by atoms with Gasteiger partial charge in [0.05, 0.1) is 0 Å². The van der Waals surface area contributed by atoms with Gasteiger partial charge in [-0.05, 0) is 62.0 Å². The van der Waals surface area contributed by atoms with Gasteiger partial charge in [-0.1, -0.05) is 94.0 Å². The van der Waals surface area contributed by atoms with Crippen LogP contribution in [0.25, 0.3) is 0 Å². The van der Waals surface area contributed by atoms with E-state index in [2.05, 4.69) is 56.3 Å². The molecule has 0 saturated carbocycles. The van der Waals surface area contributed by atoms with Crippen LogP contribution < -0.4 is 0 Å². The van der Waals surface area contributed by atoms with E-state index in [9.17, 15) is 0 Å². The first kappa shape index (κ1) is 20.0. The molecule has 138 valence electrons. The summed E-state index contributed by atoms with van der Waals surface area (Å²) >= 11 is 0. The van der Waals surface area contributed by atoms with Crippen molar-refractivity contribution in [3.63, 3.8) is 0 Å². The normalized spacial score (nSPS) is 15.2. The van der Waals surface area contributed by atoms with Crippen molar-refractivity contribution in [1.82, 2.24) is 0 Å². The number of benzene rings is 1. The van der Waals surface area contributed by atoms with Gasteiger partial charge in [-0.25, -0.2) is 0 Å². The molecular weight excluding hydrogens is 300 g/mol. The van der Waals surface area contributed by atoms with Crippen LogP contribution in [0.3, 0.4) is 0 Å². The first-order valence-electron chi connectivity index (χ1n) is 10.7. The molecule has 0 spiro atoms. The Morgan fingerprint density at radius 1 is 0.840 bits per heavy atom.